The molecule has 0 aliphatic carbocycles. The van der Waals surface area contributed by atoms with Gasteiger partial charge in [0.2, 0.25) is 0 Å². The molecule has 1 atom stereocenters. The Kier molecular flexibility index (Phi) is 5.46. The van der Waals surface area contributed by atoms with Crippen molar-refractivity contribution in [3.63, 3.8) is 0 Å². The number of hydrogen-bond acceptors (Lipinski definition) is 5. The van der Waals surface area contributed by atoms with Crippen molar-refractivity contribution in [2.75, 3.05) is 13.3 Å². The summed E-state index contributed by atoms with van der Waals surface area (Å²) >= 11 is 0. The van der Waals surface area contributed by atoms with Crippen LogP contribution in [-0.4, -0.2) is 37.5 Å². The van der Waals surface area contributed by atoms with Crippen molar-refractivity contribution in [1.82, 2.24) is 4.90 Å². The highest BCUT2D eigenvalue weighted by Crippen LogP contribution is 2.26. The van der Waals surface area contributed by atoms with Gasteiger partial charge in [-0.1, -0.05) is 18.2 Å². The van der Waals surface area contributed by atoms with E-state index in [0.717, 1.165) is 11.8 Å². The highest BCUT2D eigenvalue weighted by Gasteiger charge is 2.24. The van der Waals surface area contributed by atoms with Crippen LogP contribution in [0.5, 0.6) is 0 Å². The van der Waals surface area contributed by atoms with Crippen molar-refractivity contribution in [2.45, 2.75) is 24.8 Å². The first-order chi connectivity index (χ1) is 12.0. The summed E-state index contributed by atoms with van der Waals surface area (Å²) < 4.78 is 23.1. The van der Waals surface area contributed by atoms with E-state index in [1.807, 2.05) is 0 Å². The molecule has 0 spiro atoms. The topological polar surface area (TPSA) is 97.6 Å². The molecule has 138 valence electrons. The minimum atomic E-state index is -3.29. The highest BCUT2D eigenvalue weighted by molar-refractivity contribution is 7.90. The molecule has 2 rings (SSSR count). The molecule has 7 nitrogen and oxygen atoms in total. The summed E-state index contributed by atoms with van der Waals surface area (Å²) in [6.07, 6.45) is 1.13. The third-order valence-electron chi connectivity index (χ3n) is 4.42. The molecular formula is C18H20N2O5S. The van der Waals surface area contributed by atoms with Crippen LogP contribution in [0.4, 0.5) is 5.69 Å². The fourth-order valence-electron chi connectivity index (χ4n) is 2.64. The third-order valence-corrected chi connectivity index (χ3v) is 5.55. The first-order valence-electron chi connectivity index (χ1n) is 7.85. The summed E-state index contributed by atoms with van der Waals surface area (Å²) in [5.41, 5.74) is 1.24. The molecule has 2 aromatic carbocycles. The summed E-state index contributed by atoms with van der Waals surface area (Å²) in [5, 5.41) is 11.1. The number of nitro benzene ring substituents is 1. The quantitative estimate of drug-likeness (QED) is 0.590. The van der Waals surface area contributed by atoms with Gasteiger partial charge >= 0.3 is 0 Å². The Morgan fingerprint density at radius 3 is 2.23 bits per heavy atom. The lowest BCUT2D eigenvalue weighted by atomic mass is 10.0. The predicted molar refractivity (Wildman–Crippen MR) is 97.9 cm³/mol. The van der Waals surface area contributed by atoms with Gasteiger partial charge in [-0.05, 0) is 37.6 Å². The van der Waals surface area contributed by atoms with Gasteiger partial charge in [0, 0.05) is 30.5 Å². The number of nitro groups is 1. The molecule has 0 aliphatic rings. The van der Waals surface area contributed by atoms with Crippen LogP contribution in [0.2, 0.25) is 0 Å². The van der Waals surface area contributed by atoms with Gasteiger partial charge in [0.1, 0.15) is 0 Å². The van der Waals surface area contributed by atoms with E-state index in [4.69, 9.17) is 0 Å². The van der Waals surface area contributed by atoms with Gasteiger partial charge in [-0.15, -0.1) is 0 Å². The Morgan fingerprint density at radius 1 is 1.15 bits per heavy atom. The van der Waals surface area contributed by atoms with E-state index in [9.17, 15) is 23.3 Å². The molecular weight excluding hydrogens is 356 g/mol. The van der Waals surface area contributed by atoms with Crippen LogP contribution < -0.4 is 0 Å². The lowest BCUT2D eigenvalue weighted by Crippen LogP contribution is -2.30. The molecule has 8 heteroatoms. The Balaban J connectivity index is 2.31. The molecule has 0 saturated carbocycles. The van der Waals surface area contributed by atoms with E-state index in [1.54, 1.807) is 39.1 Å². The number of carbonyl (C=O) groups excluding carboxylic acids is 1. The number of hydrogen-bond donors (Lipinski definition) is 0. The lowest BCUT2D eigenvalue weighted by molar-refractivity contribution is -0.385. The summed E-state index contributed by atoms with van der Waals surface area (Å²) in [4.78, 5) is 25.0. The maximum atomic E-state index is 12.8. The van der Waals surface area contributed by atoms with Crippen molar-refractivity contribution in [3.8, 4) is 0 Å². The number of nitrogens with zero attached hydrogens (tertiary/aromatic N) is 2. The van der Waals surface area contributed by atoms with Gasteiger partial charge in [0.15, 0.2) is 9.84 Å². The van der Waals surface area contributed by atoms with E-state index >= 15 is 0 Å². The average Bonchev–Trinajstić information content (AvgIpc) is 2.59. The van der Waals surface area contributed by atoms with Crippen molar-refractivity contribution >= 4 is 21.4 Å². The monoisotopic (exact) mass is 376 g/mol. The molecule has 0 saturated heterocycles. The van der Waals surface area contributed by atoms with Crippen LogP contribution >= 0.6 is 0 Å². The van der Waals surface area contributed by atoms with Gasteiger partial charge < -0.3 is 4.90 Å². The molecule has 0 aliphatic heterocycles. The van der Waals surface area contributed by atoms with E-state index in [0.29, 0.717) is 5.56 Å². The second kappa shape index (κ2) is 7.25. The normalized spacial score (nSPS) is 12.5. The smallest absolute Gasteiger partial charge is 0.273 e. The van der Waals surface area contributed by atoms with E-state index in [2.05, 4.69) is 0 Å². The van der Waals surface area contributed by atoms with Crippen LogP contribution in [0.25, 0.3) is 0 Å². The minimum absolute atomic E-state index is 0.102. The van der Waals surface area contributed by atoms with Crippen LogP contribution in [0.1, 0.15) is 34.5 Å². The van der Waals surface area contributed by atoms with E-state index < -0.39 is 14.8 Å². The van der Waals surface area contributed by atoms with E-state index in [1.165, 1.54) is 29.2 Å². The largest absolute Gasteiger partial charge is 0.335 e. The zero-order valence-corrected chi connectivity index (χ0v) is 15.8. The maximum Gasteiger partial charge on any atom is 0.273 e. The Morgan fingerprint density at radius 2 is 1.73 bits per heavy atom. The van der Waals surface area contributed by atoms with Gasteiger partial charge in [0.05, 0.1) is 15.9 Å². The highest BCUT2D eigenvalue weighted by atomic mass is 32.2. The van der Waals surface area contributed by atoms with Crippen LogP contribution in [0.15, 0.2) is 47.4 Å². The van der Waals surface area contributed by atoms with Gasteiger partial charge in [0.25, 0.3) is 11.6 Å². The summed E-state index contributed by atoms with van der Waals surface area (Å²) in [7, 11) is -1.68. The van der Waals surface area contributed by atoms with Gasteiger partial charge in [-0.2, -0.15) is 0 Å². The second-order valence-corrected chi connectivity index (χ2v) is 8.16. The molecule has 0 heterocycles. The van der Waals surface area contributed by atoms with Crippen molar-refractivity contribution in [3.05, 3.63) is 69.3 Å². The molecule has 26 heavy (non-hydrogen) atoms. The number of rotatable bonds is 5. The first-order valence-corrected chi connectivity index (χ1v) is 9.74. The fourth-order valence-corrected chi connectivity index (χ4v) is 3.27. The molecule has 0 N–H and O–H groups in total. The molecule has 0 radical (unpaired) electrons. The average molecular weight is 376 g/mol. The summed E-state index contributed by atoms with van der Waals surface area (Å²) in [6.45, 7) is 3.35. The summed E-state index contributed by atoms with van der Waals surface area (Å²) in [6, 6.07) is 10.4. The number of sulfone groups is 1. The number of carbonyl (C=O) groups is 1. The zero-order valence-electron chi connectivity index (χ0n) is 15.0. The summed E-state index contributed by atoms with van der Waals surface area (Å²) in [5.74, 6) is -0.342. The van der Waals surface area contributed by atoms with Crippen molar-refractivity contribution in [1.29, 1.82) is 0 Å². The molecule has 0 fully saturated rings. The molecule has 0 unspecified atom stereocenters. The number of amides is 1. The van der Waals surface area contributed by atoms with Crippen LogP contribution in [0.3, 0.4) is 0 Å². The first kappa shape index (κ1) is 19.6. The van der Waals surface area contributed by atoms with Crippen molar-refractivity contribution < 1.29 is 18.1 Å². The predicted octanol–water partition coefficient (Wildman–Crippen LogP) is 3.14. The molecule has 0 aromatic heterocycles. The van der Waals surface area contributed by atoms with Crippen LogP contribution in [-0.2, 0) is 9.84 Å². The zero-order chi connectivity index (χ0) is 19.6. The lowest BCUT2D eigenvalue weighted by Gasteiger charge is -2.26. The third kappa shape index (κ3) is 3.91. The second-order valence-electron chi connectivity index (χ2n) is 6.14. The van der Waals surface area contributed by atoms with Crippen LogP contribution in [0, 0.1) is 17.0 Å². The molecule has 2 aromatic rings. The van der Waals surface area contributed by atoms with Crippen molar-refractivity contribution in [2.24, 2.45) is 0 Å². The molecule has 0 bridgehead atoms. The van der Waals surface area contributed by atoms with Gasteiger partial charge in [-0.25, -0.2) is 8.42 Å². The minimum Gasteiger partial charge on any atom is -0.335 e. The standard InChI is InChI=1S/C18H20N2O5S/c1-12-16(6-5-7-17(12)20(22)23)18(21)19(3)13(2)14-8-10-15(11-9-14)26(4,24)25/h5-11,13H,1-4H3/t13-/m0/s1. The Labute approximate surface area is 152 Å². The van der Waals surface area contributed by atoms with Gasteiger partial charge in [-0.3, -0.25) is 14.9 Å². The fraction of sp³-hybridized carbons (Fsp3) is 0.278. The Bertz CT molecular complexity index is 952. The van der Waals surface area contributed by atoms with E-state index in [-0.39, 0.29) is 28.1 Å². The SMILES string of the molecule is Cc1c(C(=O)N(C)[C@@H](C)c2ccc(S(C)(=O)=O)cc2)cccc1[N+](=O)[O-]. The maximum absolute atomic E-state index is 12.8. The molecule has 1 amide bonds. The number of benzene rings is 2. The Hall–Kier alpha value is -2.74.